The first-order valence-corrected chi connectivity index (χ1v) is 11.7. The lowest BCUT2D eigenvalue weighted by atomic mass is 9.96. The summed E-state index contributed by atoms with van der Waals surface area (Å²) in [6.07, 6.45) is 0.993. The fraction of sp³-hybridized carbons (Fsp3) is 0.650. The SMILES string of the molecule is CC(C)NS(=O)(=O)c1ccc(C(=O)NCC(C2CCOC2)N2CCOCC2)cc1. The van der Waals surface area contributed by atoms with Crippen LogP contribution >= 0.6 is 0 Å². The van der Waals surface area contributed by atoms with Gasteiger partial charge in [0.1, 0.15) is 0 Å². The smallest absolute Gasteiger partial charge is 0.251 e. The Hall–Kier alpha value is -1.52. The second-order valence-corrected chi connectivity index (χ2v) is 9.56. The summed E-state index contributed by atoms with van der Waals surface area (Å²) in [5.41, 5.74) is 0.442. The van der Waals surface area contributed by atoms with Crippen molar-refractivity contribution in [1.29, 1.82) is 0 Å². The molecule has 0 spiro atoms. The summed E-state index contributed by atoms with van der Waals surface area (Å²) in [5, 5.41) is 3.02. The largest absolute Gasteiger partial charge is 0.381 e. The highest BCUT2D eigenvalue weighted by atomic mass is 32.2. The molecule has 1 amide bonds. The number of rotatable bonds is 8. The van der Waals surface area contributed by atoms with Gasteiger partial charge in [0.15, 0.2) is 0 Å². The molecule has 2 aliphatic heterocycles. The number of ether oxygens (including phenoxy) is 2. The average molecular weight is 426 g/mol. The number of hydrogen-bond acceptors (Lipinski definition) is 6. The summed E-state index contributed by atoms with van der Waals surface area (Å²) in [7, 11) is -3.57. The molecule has 2 atom stereocenters. The van der Waals surface area contributed by atoms with Gasteiger partial charge in [0.05, 0.1) is 24.7 Å². The Morgan fingerprint density at radius 1 is 1.14 bits per heavy atom. The van der Waals surface area contributed by atoms with Crippen molar-refractivity contribution < 1.29 is 22.7 Å². The highest BCUT2D eigenvalue weighted by Crippen LogP contribution is 2.22. The van der Waals surface area contributed by atoms with Crippen molar-refractivity contribution in [1.82, 2.24) is 14.9 Å². The van der Waals surface area contributed by atoms with Crippen LogP contribution in [0.2, 0.25) is 0 Å². The zero-order chi connectivity index (χ0) is 20.9. The number of amides is 1. The maximum atomic E-state index is 12.6. The summed E-state index contributed by atoms with van der Waals surface area (Å²) >= 11 is 0. The van der Waals surface area contributed by atoms with Crippen LogP contribution in [-0.4, -0.2) is 77.4 Å². The van der Waals surface area contributed by atoms with Crippen molar-refractivity contribution in [2.24, 2.45) is 5.92 Å². The van der Waals surface area contributed by atoms with Crippen molar-refractivity contribution >= 4 is 15.9 Å². The van der Waals surface area contributed by atoms with E-state index < -0.39 is 10.0 Å². The van der Waals surface area contributed by atoms with Crippen LogP contribution in [0.1, 0.15) is 30.6 Å². The van der Waals surface area contributed by atoms with E-state index >= 15 is 0 Å². The quantitative estimate of drug-likeness (QED) is 0.641. The zero-order valence-corrected chi connectivity index (χ0v) is 17.9. The molecule has 2 N–H and O–H groups in total. The van der Waals surface area contributed by atoms with Crippen LogP contribution < -0.4 is 10.0 Å². The molecule has 0 aliphatic carbocycles. The normalized spacial score (nSPS) is 22.0. The van der Waals surface area contributed by atoms with E-state index in [1.54, 1.807) is 26.0 Å². The summed E-state index contributed by atoms with van der Waals surface area (Å²) in [4.78, 5) is 15.2. The summed E-state index contributed by atoms with van der Waals surface area (Å²) in [6.45, 7) is 8.66. The number of benzene rings is 1. The van der Waals surface area contributed by atoms with Crippen molar-refractivity contribution in [3.8, 4) is 0 Å². The third kappa shape index (κ3) is 5.99. The Kier molecular flexibility index (Phi) is 7.64. The first-order valence-electron chi connectivity index (χ1n) is 10.2. The third-order valence-electron chi connectivity index (χ3n) is 5.31. The van der Waals surface area contributed by atoms with E-state index in [4.69, 9.17) is 9.47 Å². The van der Waals surface area contributed by atoms with Gasteiger partial charge in [-0.25, -0.2) is 13.1 Å². The van der Waals surface area contributed by atoms with Gasteiger partial charge in [-0.2, -0.15) is 0 Å². The van der Waals surface area contributed by atoms with Crippen LogP contribution in [0.5, 0.6) is 0 Å². The van der Waals surface area contributed by atoms with E-state index in [2.05, 4.69) is 14.9 Å². The van der Waals surface area contributed by atoms with Gasteiger partial charge in [0.25, 0.3) is 5.91 Å². The van der Waals surface area contributed by atoms with E-state index in [-0.39, 0.29) is 22.9 Å². The van der Waals surface area contributed by atoms with Gasteiger partial charge in [0, 0.05) is 49.8 Å². The van der Waals surface area contributed by atoms with E-state index in [1.165, 1.54) is 12.1 Å². The Bertz CT molecular complexity index is 770. The molecule has 2 fully saturated rings. The number of carbonyl (C=O) groups is 1. The van der Waals surface area contributed by atoms with Gasteiger partial charge < -0.3 is 14.8 Å². The van der Waals surface area contributed by atoms with Crippen molar-refractivity contribution in [3.05, 3.63) is 29.8 Å². The summed E-state index contributed by atoms with van der Waals surface area (Å²) in [5.74, 6) is 0.186. The van der Waals surface area contributed by atoms with Gasteiger partial charge in [-0.1, -0.05) is 0 Å². The summed E-state index contributed by atoms with van der Waals surface area (Å²) in [6, 6.07) is 6.03. The molecule has 162 valence electrons. The first-order chi connectivity index (χ1) is 13.9. The van der Waals surface area contributed by atoms with E-state index in [9.17, 15) is 13.2 Å². The molecule has 9 heteroatoms. The highest BCUT2D eigenvalue weighted by Gasteiger charge is 2.31. The lowest BCUT2D eigenvalue weighted by molar-refractivity contribution is 0.00166. The summed E-state index contributed by atoms with van der Waals surface area (Å²) < 4.78 is 38.0. The molecule has 1 aromatic carbocycles. The molecule has 0 aromatic heterocycles. The second kappa shape index (κ2) is 9.99. The van der Waals surface area contributed by atoms with E-state index in [0.29, 0.717) is 37.8 Å². The molecule has 0 radical (unpaired) electrons. The molecule has 8 nitrogen and oxygen atoms in total. The number of nitrogens with one attached hydrogen (secondary N) is 2. The maximum Gasteiger partial charge on any atom is 0.251 e. The molecular formula is C20H31N3O5S. The van der Waals surface area contributed by atoms with Crippen LogP contribution in [-0.2, 0) is 19.5 Å². The molecule has 2 heterocycles. The Balaban J connectivity index is 1.62. The number of hydrogen-bond donors (Lipinski definition) is 2. The Morgan fingerprint density at radius 3 is 2.41 bits per heavy atom. The van der Waals surface area contributed by atoms with Crippen LogP contribution in [0.15, 0.2) is 29.2 Å². The van der Waals surface area contributed by atoms with Gasteiger partial charge in [-0.15, -0.1) is 0 Å². The fourth-order valence-electron chi connectivity index (χ4n) is 3.82. The molecule has 1 aromatic rings. The third-order valence-corrected chi connectivity index (χ3v) is 6.99. The number of morpholine rings is 1. The molecule has 0 bridgehead atoms. The number of carbonyl (C=O) groups excluding carboxylic acids is 1. The fourth-order valence-corrected chi connectivity index (χ4v) is 5.07. The van der Waals surface area contributed by atoms with Crippen LogP contribution in [0.25, 0.3) is 0 Å². The number of sulfonamides is 1. The van der Waals surface area contributed by atoms with Gasteiger partial charge >= 0.3 is 0 Å². The molecule has 3 rings (SSSR count). The molecule has 29 heavy (non-hydrogen) atoms. The van der Waals surface area contributed by atoms with Crippen LogP contribution in [0.3, 0.4) is 0 Å². The monoisotopic (exact) mass is 425 g/mol. The van der Waals surface area contributed by atoms with Crippen molar-refractivity contribution in [2.75, 3.05) is 46.1 Å². The second-order valence-electron chi connectivity index (χ2n) is 7.85. The van der Waals surface area contributed by atoms with Gasteiger partial charge in [-0.3, -0.25) is 9.69 Å². The topological polar surface area (TPSA) is 97.0 Å². The molecular weight excluding hydrogens is 394 g/mol. The van der Waals surface area contributed by atoms with Crippen LogP contribution in [0, 0.1) is 5.92 Å². The van der Waals surface area contributed by atoms with Crippen molar-refractivity contribution in [3.63, 3.8) is 0 Å². The molecule has 2 aliphatic rings. The predicted molar refractivity (Wildman–Crippen MR) is 109 cm³/mol. The van der Waals surface area contributed by atoms with E-state index in [1.807, 2.05) is 0 Å². The first kappa shape index (κ1) is 22.2. The average Bonchev–Trinajstić information content (AvgIpc) is 3.22. The minimum Gasteiger partial charge on any atom is -0.381 e. The molecule has 2 unspecified atom stereocenters. The highest BCUT2D eigenvalue weighted by molar-refractivity contribution is 7.89. The minimum absolute atomic E-state index is 0.150. The van der Waals surface area contributed by atoms with E-state index in [0.717, 1.165) is 26.1 Å². The zero-order valence-electron chi connectivity index (χ0n) is 17.1. The Labute approximate surface area is 173 Å². The minimum atomic E-state index is -3.57. The standard InChI is InChI=1S/C20H31N3O5S/c1-15(2)22-29(25,26)18-5-3-16(4-6-18)20(24)21-13-19(17-7-10-28-14-17)23-8-11-27-12-9-23/h3-6,15,17,19,22H,7-14H2,1-2H3,(H,21,24). The van der Waals surface area contributed by atoms with Gasteiger partial charge in [0.2, 0.25) is 10.0 Å². The Morgan fingerprint density at radius 2 is 1.83 bits per heavy atom. The van der Waals surface area contributed by atoms with Crippen LogP contribution in [0.4, 0.5) is 0 Å². The lowest BCUT2D eigenvalue weighted by Gasteiger charge is -2.37. The number of nitrogens with zero attached hydrogens (tertiary/aromatic N) is 1. The molecule has 0 saturated carbocycles. The lowest BCUT2D eigenvalue weighted by Crippen LogP contribution is -2.52. The van der Waals surface area contributed by atoms with Gasteiger partial charge in [-0.05, 0) is 44.5 Å². The molecule has 2 saturated heterocycles. The predicted octanol–water partition coefficient (Wildman–Crippen LogP) is 0.840. The van der Waals surface area contributed by atoms with Crippen molar-refractivity contribution in [2.45, 2.75) is 37.2 Å². The maximum absolute atomic E-state index is 12.6.